The molecule has 0 heterocycles. The van der Waals surface area contributed by atoms with E-state index in [0.29, 0.717) is 12.5 Å². The Hall–Kier alpha value is -1.06. The smallest absolute Gasteiger partial charge is 0.304 e. The van der Waals surface area contributed by atoms with Crippen LogP contribution in [0.1, 0.15) is 31.7 Å². The average Bonchev–Trinajstić information content (AvgIpc) is 2.35. The lowest BCUT2D eigenvalue weighted by molar-refractivity contribution is -0.137. The van der Waals surface area contributed by atoms with E-state index >= 15 is 0 Å². The van der Waals surface area contributed by atoms with E-state index in [4.69, 9.17) is 16.7 Å². The van der Waals surface area contributed by atoms with E-state index in [2.05, 4.69) is 18.7 Å². The molecule has 0 unspecified atom stereocenters. The summed E-state index contributed by atoms with van der Waals surface area (Å²) in [5.74, 6) is -0.422. The van der Waals surface area contributed by atoms with Crippen molar-refractivity contribution in [2.24, 2.45) is 0 Å². The van der Waals surface area contributed by atoms with Gasteiger partial charge in [-0.2, -0.15) is 0 Å². The van der Waals surface area contributed by atoms with Gasteiger partial charge in [-0.15, -0.1) is 0 Å². The van der Waals surface area contributed by atoms with Crippen LogP contribution in [0.15, 0.2) is 24.3 Å². The van der Waals surface area contributed by atoms with Crippen molar-refractivity contribution in [3.8, 4) is 0 Å². The summed E-state index contributed by atoms with van der Waals surface area (Å²) in [6.45, 7) is 4.82. The third kappa shape index (κ3) is 4.31. The molecule has 0 aromatic heterocycles. The molecular formula is C14H20ClNO2. The summed E-state index contributed by atoms with van der Waals surface area (Å²) in [5.41, 5.74) is 1.22. The topological polar surface area (TPSA) is 40.5 Å². The second-order valence-corrected chi connectivity index (χ2v) is 5.14. The maximum absolute atomic E-state index is 10.6. The summed E-state index contributed by atoms with van der Waals surface area (Å²) < 4.78 is 0. The van der Waals surface area contributed by atoms with E-state index < -0.39 is 5.97 Å². The van der Waals surface area contributed by atoms with Gasteiger partial charge in [-0.05, 0) is 37.6 Å². The number of hydrogen-bond donors (Lipinski definition) is 1. The number of aliphatic carboxylic acids is 1. The first-order valence-electron chi connectivity index (χ1n) is 6.09. The Morgan fingerprint density at radius 1 is 1.33 bits per heavy atom. The maximum atomic E-state index is 10.6. The third-order valence-electron chi connectivity index (χ3n) is 3.49. The van der Waals surface area contributed by atoms with Crippen LogP contribution in [0, 0.1) is 0 Å². The number of carboxylic acid groups (broad SMARTS) is 1. The molecule has 100 valence electrons. The molecule has 1 aromatic carbocycles. The first-order valence-corrected chi connectivity index (χ1v) is 6.47. The fourth-order valence-corrected chi connectivity index (χ4v) is 2.03. The Kier molecular flexibility index (Phi) is 5.63. The van der Waals surface area contributed by atoms with Crippen molar-refractivity contribution in [2.45, 2.75) is 32.2 Å². The molecular weight excluding hydrogens is 250 g/mol. The molecule has 18 heavy (non-hydrogen) atoms. The van der Waals surface area contributed by atoms with E-state index in [9.17, 15) is 4.79 Å². The lowest BCUT2D eigenvalue weighted by Crippen LogP contribution is -2.34. The van der Waals surface area contributed by atoms with Gasteiger partial charge < -0.3 is 10.0 Å². The van der Waals surface area contributed by atoms with E-state index in [1.165, 1.54) is 5.56 Å². The van der Waals surface area contributed by atoms with Crippen LogP contribution in [0.3, 0.4) is 0 Å². The highest BCUT2D eigenvalue weighted by molar-refractivity contribution is 6.30. The minimum Gasteiger partial charge on any atom is -0.481 e. The summed E-state index contributed by atoms with van der Waals surface area (Å²) in [5, 5.41) is 9.42. The van der Waals surface area contributed by atoms with Crippen LogP contribution in [0.4, 0.5) is 0 Å². The molecule has 0 radical (unpaired) electrons. The molecule has 3 nitrogen and oxygen atoms in total. The molecule has 0 aliphatic carbocycles. The highest BCUT2D eigenvalue weighted by atomic mass is 35.5. The normalized spacial score (nSPS) is 14.5. The van der Waals surface area contributed by atoms with Crippen LogP contribution < -0.4 is 0 Å². The quantitative estimate of drug-likeness (QED) is 0.862. The third-order valence-corrected chi connectivity index (χ3v) is 3.75. The van der Waals surface area contributed by atoms with Gasteiger partial charge in [0.05, 0.1) is 6.42 Å². The summed E-state index contributed by atoms with van der Waals surface area (Å²) >= 11 is 5.87. The molecule has 2 atom stereocenters. The van der Waals surface area contributed by atoms with Crippen molar-refractivity contribution in [1.82, 2.24) is 4.90 Å². The van der Waals surface area contributed by atoms with E-state index in [-0.39, 0.29) is 12.5 Å². The average molecular weight is 270 g/mol. The van der Waals surface area contributed by atoms with Gasteiger partial charge in [-0.3, -0.25) is 4.79 Å². The van der Waals surface area contributed by atoms with Gasteiger partial charge in [0.1, 0.15) is 0 Å². The minimum atomic E-state index is -0.756. The molecule has 0 aliphatic heterocycles. The largest absolute Gasteiger partial charge is 0.481 e. The fourth-order valence-electron chi connectivity index (χ4n) is 1.90. The predicted molar refractivity (Wildman–Crippen MR) is 74.2 cm³/mol. The zero-order valence-corrected chi connectivity index (χ0v) is 11.8. The van der Waals surface area contributed by atoms with Crippen molar-refractivity contribution < 1.29 is 9.90 Å². The standard InChI is InChI=1S/C14H20ClNO2/c1-10(12-4-6-13(15)7-5-12)11(2)16(3)9-8-14(17)18/h4-7,10-11H,8-9H2,1-3H3,(H,17,18)/t10-,11+/m0/s1. The van der Waals surface area contributed by atoms with Crippen LogP contribution in [-0.4, -0.2) is 35.6 Å². The van der Waals surface area contributed by atoms with Gasteiger partial charge in [0.2, 0.25) is 0 Å². The zero-order chi connectivity index (χ0) is 13.7. The van der Waals surface area contributed by atoms with Crippen LogP contribution in [0.5, 0.6) is 0 Å². The van der Waals surface area contributed by atoms with Crippen molar-refractivity contribution in [3.05, 3.63) is 34.9 Å². The number of rotatable bonds is 6. The lowest BCUT2D eigenvalue weighted by atomic mass is 9.93. The Labute approximate surface area is 113 Å². The first-order chi connectivity index (χ1) is 8.41. The number of benzene rings is 1. The van der Waals surface area contributed by atoms with Crippen molar-refractivity contribution in [1.29, 1.82) is 0 Å². The number of carbonyl (C=O) groups is 1. The van der Waals surface area contributed by atoms with Crippen molar-refractivity contribution in [3.63, 3.8) is 0 Å². The predicted octanol–water partition coefficient (Wildman–Crippen LogP) is 3.24. The number of hydrogen-bond acceptors (Lipinski definition) is 2. The Morgan fingerprint density at radius 3 is 2.39 bits per heavy atom. The number of halogens is 1. The van der Waals surface area contributed by atoms with E-state index in [1.807, 2.05) is 31.3 Å². The van der Waals surface area contributed by atoms with Crippen LogP contribution in [-0.2, 0) is 4.79 Å². The molecule has 0 saturated carbocycles. The van der Waals surface area contributed by atoms with Crippen LogP contribution >= 0.6 is 11.6 Å². The van der Waals surface area contributed by atoms with Gasteiger partial charge in [0, 0.05) is 17.6 Å². The van der Waals surface area contributed by atoms with Gasteiger partial charge in [-0.1, -0.05) is 30.7 Å². The molecule has 1 aromatic rings. The molecule has 0 amide bonds. The summed E-state index contributed by atoms with van der Waals surface area (Å²) in [6, 6.07) is 8.10. The highest BCUT2D eigenvalue weighted by Crippen LogP contribution is 2.23. The molecule has 0 bridgehead atoms. The first kappa shape index (κ1) is 15.0. The molecule has 0 saturated heterocycles. The van der Waals surface area contributed by atoms with Gasteiger partial charge in [-0.25, -0.2) is 0 Å². The molecule has 0 fully saturated rings. The monoisotopic (exact) mass is 269 g/mol. The lowest BCUT2D eigenvalue weighted by Gasteiger charge is -2.29. The Bertz CT molecular complexity index is 391. The number of nitrogens with zero attached hydrogens (tertiary/aromatic N) is 1. The molecule has 0 aliphatic rings. The molecule has 4 heteroatoms. The second kappa shape index (κ2) is 6.76. The van der Waals surface area contributed by atoms with Gasteiger partial charge >= 0.3 is 5.97 Å². The van der Waals surface area contributed by atoms with Gasteiger partial charge in [0.25, 0.3) is 0 Å². The summed E-state index contributed by atoms with van der Waals surface area (Å²) in [4.78, 5) is 12.6. The van der Waals surface area contributed by atoms with Crippen LogP contribution in [0.2, 0.25) is 5.02 Å². The van der Waals surface area contributed by atoms with Crippen LogP contribution in [0.25, 0.3) is 0 Å². The summed E-state index contributed by atoms with van der Waals surface area (Å²) in [6.07, 6.45) is 0.175. The van der Waals surface area contributed by atoms with Gasteiger partial charge in [0.15, 0.2) is 0 Å². The second-order valence-electron chi connectivity index (χ2n) is 4.71. The molecule has 0 spiro atoms. The summed E-state index contributed by atoms with van der Waals surface area (Å²) in [7, 11) is 1.96. The SMILES string of the molecule is C[C@H](c1ccc(Cl)cc1)[C@@H](C)N(C)CCC(=O)O. The molecule has 1 rings (SSSR count). The minimum absolute atomic E-state index is 0.175. The fraction of sp³-hybridized carbons (Fsp3) is 0.500. The number of likely N-dealkylation sites (N-methyl/N-ethyl adjacent to an activating group) is 1. The maximum Gasteiger partial charge on any atom is 0.304 e. The Morgan fingerprint density at radius 2 is 1.89 bits per heavy atom. The van der Waals surface area contributed by atoms with E-state index in [0.717, 1.165) is 5.02 Å². The molecule has 1 N–H and O–H groups in total. The number of carboxylic acids is 1. The van der Waals surface area contributed by atoms with Crippen molar-refractivity contribution in [2.75, 3.05) is 13.6 Å². The zero-order valence-electron chi connectivity index (χ0n) is 11.1. The van der Waals surface area contributed by atoms with Crippen molar-refractivity contribution >= 4 is 17.6 Å². The van der Waals surface area contributed by atoms with E-state index in [1.54, 1.807) is 0 Å². The Balaban J connectivity index is 2.62. The highest BCUT2D eigenvalue weighted by Gasteiger charge is 2.18.